The van der Waals surface area contributed by atoms with E-state index in [0.29, 0.717) is 34.0 Å². The molecule has 0 N–H and O–H groups in total. The van der Waals surface area contributed by atoms with Gasteiger partial charge in [-0.2, -0.15) is 0 Å². The molecular weight excluding hydrogens is 435 g/mol. The third-order valence-electron chi connectivity index (χ3n) is 3.98. The van der Waals surface area contributed by atoms with Crippen molar-refractivity contribution >= 4 is 48.5 Å². The molecule has 1 amide bonds. The Morgan fingerprint density at radius 3 is 2.93 bits per heavy atom. The molecule has 3 heterocycles. The van der Waals surface area contributed by atoms with Crippen LogP contribution in [0.4, 0.5) is 9.52 Å². The molecule has 4 rings (SSSR count). The monoisotopic (exact) mass is 448 g/mol. The van der Waals surface area contributed by atoms with Crippen molar-refractivity contribution in [2.24, 2.45) is 0 Å². The van der Waals surface area contributed by atoms with Crippen LogP contribution in [0.2, 0.25) is 0 Å². The van der Waals surface area contributed by atoms with E-state index in [9.17, 15) is 9.18 Å². The summed E-state index contributed by atoms with van der Waals surface area (Å²) in [7, 11) is 0. The summed E-state index contributed by atoms with van der Waals surface area (Å²) in [6, 6.07) is 8.05. The number of nitrogens with zero attached hydrogens (tertiary/aromatic N) is 4. The van der Waals surface area contributed by atoms with Gasteiger partial charge in [-0.1, -0.05) is 17.4 Å². The fourth-order valence-corrected chi connectivity index (χ4v) is 4.01. The zero-order valence-corrected chi connectivity index (χ0v) is 16.4. The normalized spacial score (nSPS) is 11.2. The van der Waals surface area contributed by atoms with Gasteiger partial charge in [0, 0.05) is 25.5 Å². The number of hydrogen-bond donors (Lipinski definition) is 0. The first-order chi connectivity index (χ1) is 13.1. The average Bonchev–Trinajstić information content (AvgIpc) is 3.39. The molecule has 0 saturated carbocycles. The van der Waals surface area contributed by atoms with Crippen LogP contribution in [-0.4, -0.2) is 27.0 Å². The SMILES string of the molecule is O=C(c1ccc(Br)o1)N(CCCn1ccnc1)c1nc2c(F)cccc2s1. The first-order valence-corrected chi connectivity index (χ1v) is 9.81. The molecule has 4 aromatic rings. The minimum absolute atomic E-state index is 0.198. The van der Waals surface area contributed by atoms with E-state index in [2.05, 4.69) is 25.9 Å². The van der Waals surface area contributed by atoms with Crippen LogP contribution in [0.25, 0.3) is 10.2 Å². The number of furan rings is 1. The number of fused-ring (bicyclic) bond motifs is 1. The Hall–Kier alpha value is -2.52. The van der Waals surface area contributed by atoms with Crippen molar-refractivity contribution < 1.29 is 13.6 Å². The number of thiazole rings is 1. The molecule has 0 aliphatic heterocycles. The molecule has 0 fully saturated rings. The molecular formula is C18H14BrFN4O2S. The number of imidazole rings is 1. The Kier molecular flexibility index (Phi) is 5.04. The third-order valence-corrected chi connectivity index (χ3v) is 5.45. The number of anilines is 1. The predicted octanol–water partition coefficient (Wildman–Crippen LogP) is 4.72. The molecule has 0 aliphatic rings. The van der Waals surface area contributed by atoms with E-state index in [0.717, 1.165) is 0 Å². The van der Waals surface area contributed by atoms with E-state index >= 15 is 0 Å². The number of carbonyl (C=O) groups excluding carboxylic acids is 1. The Morgan fingerprint density at radius 2 is 2.22 bits per heavy atom. The minimum atomic E-state index is -0.401. The molecule has 9 heteroatoms. The highest BCUT2D eigenvalue weighted by atomic mass is 79.9. The highest BCUT2D eigenvalue weighted by molar-refractivity contribution is 9.10. The number of rotatable bonds is 6. The number of hydrogen-bond acceptors (Lipinski definition) is 5. The second-order valence-corrected chi connectivity index (χ2v) is 7.59. The maximum Gasteiger partial charge on any atom is 0.295 e. The van der Waals surface area contributed by atoms with Crippen LogP contribution in [0.15, 0.2) is 58.1 Å². The first kappa shape index (κ1) is 17.9. The van der Waals surface area contributed by atoms with Crippen molar-refractivity contribution in [3.63, 3.8) is 0 Å². The second kappa shape index (κ2) is 7.61. The van der Waals surface area contributed by atoms with Gasteiger partial charge in [0.2, 0.25) is 0 Å². The summed E-state index contributed by atoms with van der Waals surface area (Å²) in [6.07, 6.45) is 5.98. The fraction of sp³-hybridized carbons (Fsp3) is 0.167. The van der Waals surface area contributed by atoms with E-state index in [1.54, 1.807) is 36.8 Å². The molecule has 0 radical (unpaired) electrons. The number of halogens is 2. The molecule has 6 nitrogen and oxygen atoms in total. The predicted molar refractivity (Wildman–Crippen MR) is 105 cm³/mol. The quantitative estimate of drug-likeness (QED) is 0.427. The van der Waals surface area contributed by atoms with E-state index in [1.807, 2.05) is 10.8 Å². The maximum atomic E-state index is 14.0. The topological polar surface area (TPSA) is 64.2 Å². The highest BCUT2D eigenvalue weighted by Gasteiger charge is 2.24. The van der Waals surface area contributed by atoms with Crippen LogP contribution < -0.4 is 4.90 Å². The van der Waals surface area contributed by atoms with Gasteiger partial charge in [0.1, 0.15) is 11.3 Å². The summed E-state index contributed by atoms with van der Waals surface area (Å²) >= 11 is 4.49. The van der Waals surface area contributed by atoms with Crippen LogP contribution in [-0.2, 0) is 6.54 Å². The van der Waals surface area contributed by atoms with E-state index in [1.165, 1.54) is 22.3 Å². The maximum absolute atomic E-state index is 14.0. The van der Waals surface area contributed by atoms with Crippen molar-refractivity contribution in [3.8, 4) is 0 Å². The number of aryl methyl sites for hydroxylation is 1. The van der Waals surface area contributed by atoms with Crippen molar-refractivity contribution in [3.05, 3.63) is 65.3 Å². The highest BCUT2D eigenvalue weighted by Crippen LogP contribution is 2.31. The summed E-state index contributed by atoms with van der Waals surface area (Å²) in [5.41, 5.74) is 0.269. The minimum Gasteiger partial charge on any atom is -0.444 e. The summed E-state index contributed by atoms with van der Waals surface area (Å²) in [4.78, 5) is 22.9. The zero-order valence-electron chi connectivity index (χ0n) is 14.0. The molecule has 3 aromatic heterocycles. The molecule has 0 saturated heterocycles. The van der Waals surface area contributed by atoms with Gasteiger partial charge in [0.05, 0.1) is 11.0 Å². The molecule has 27 heavy (non-hydrogen) atoms. The van der Waals surface area contributed by atoms with Crippen molar-refractivity contribution in [2.45, 2.75) is 13.0 Å². The Bertz CT molecular complexity index is 1080. The number of benzene rings is 1. The van der Waals surface area contributed by atoms with Crippen molar-refractivity contribution in [1.29, 1.82) is 0 Å². The summed E-state index contributed by atoms with van der Waals surface area (Å²) in [5.74, 6) is -0.517. The largest absolute Gasteiger partial charge is 0.444 e. The molecule has 0 bridgehead atoms. The third kappa shape index (κ3) is 3.79. The van der Waals surface area contributed by atoms with E-state index in [4.69, 9.17) is 4.42 Å². The molecule has 1 aromatic carbocycles. The van der Waals surface area contributed by atoms with Crippen molar-refractivity contribution in [2.75, 3.05) is 11.4 Å². The standard InChI is InChI=1S/C18H14BrFN4O2S/c19-15-6-5-13(26-15)17(25)24(9-2-8-23-10-7-21-11-23)18-22-16-12(20)3-1-4-14(16)27-18/h1,3-7,10-11H,2,8-9H2. The number of amides is 1. The first-order valence-electron chi connectivity index (χ1n) is 8.20. The molecule has 0 unspecified atom stereocenters. The van der Waals surface area contributed by atoms with E-state index < -0.39 is 5.82 Å². The van der Waals surface area contributed by atoms with Crippen LogP contribution in [0.5, 0.6) is 0 Å². The van der Waals surface area contributed by atoms with Crippen LogP contribution in [0.1, 0.15) is 17.0 Å². The lowest BCUT2D eigenvalue weighted by atomic mass is 10.3. The zero-order chi connectivity index (χ0) is 18.8. The Balaban J connectivity index is 1.63. The lowest BCUT2D eigenvalue weighted by molar-refractivity contribution is 0.0958. The fourth-order valence-electron chi connectivity index (χ4n) is 2.70. The van der Waals surface area contributed by atoms with Crippen LogP contribution >= 0.6 is 27.3 Å². The smallest absolute Gasteiger partial charge is 0.295 e. The van der Waals surface area contributed by atoms with Crippen LogP contribution in [0.3, 0.4) is 0 Å². The van der Waals surface area contributed by atoms with Gasteiger partial charge >= 0.3 is 0 Å². The van der Waals surface area contributed by atoms with Gasteiger partial charge in [0.25, 0.3) is 5.91 Å². The van der Waals surface area contributed by atoms with E-state index in [-0.39, 0.29) is 17.2 Å². The van der Waals surface area contributed by atoms with Gasteiger partial charge in [0.15, 0.2) is 15.6 Å². The molecule has 0 aliphatic carbocycles. The summed E-state index contributed by atoms with van der Waals surface area (Å²) < 4.78 is 22.5. The number of para-hydroxylation sites is 1. The van der Waals surface area contributed by atoms with Crippen LogP contribution in [0, 0.1) is 5.82 Å². The van der Waals surface area contributed by atoms with Gasteiger partial charge in [-0.3, -0.25) is 9.69 Å². The Morgan fingerprint density at radius 1 is 1.33 bits per heavy atom. The molecule has 0 atom stereocenters. The summed E-state index contributed by atoms with van der Waals surface area (Å²) in [6.45, 7) is 1.11. The summed E-state index contributed by atoms with van der Waals surface area (Å²) in [5, 5.41) is 0.443. The molecule has 138 valence electrons. The van der Waals surface area contributed by atoms with Crippen molar-refractivity contribution in [1.82, 2.24) is 14.5 Å². The number of aromatic nitrogens is 3. The van der Waals surface area contributed by atoms with Gasteiger partial charge in [-0.25, -0.2) is 14.4 Å². The average molecular weight is 449 g/mol. The van der Waals surface area contributed by atoms with Gasteiger partial charge < -0.3 is 8.98 Å². The lowest BCUT2D eigenvalue weighted by Crippen LogP contribution is -2.32. The van der Waals surface area contributed by atoms with Gasteiger partial charge in [-0.05, 0) is 46.6 Å². The second-order valence-electron chi connectivity index (χ2n) is 5.80. The number of carbonyl (C=O) groups is 1. The molecule has 0 spiro atoms. The lowest BCUT2D eigenvalue weighted by Gasteiger charge is -2.18. The Labute approximate surface area is 166 Å². The van der Waals surface area contributed by atoms with Gasteiger partial charge in [-0.15, -0.1) is 0 Å².